The molecule has 0 aliphatic carbocycles. The topological polar surface area (TPSA) is 59.2 Å². The first kappa shape index (κ1) is 16.7. The number of likely N-dealkylation sites (tertiary alicyclic amines) is 1. The van der Waals surface area contributed by atoms with E-state index in [-0.39, 0.29) is 11.9 Å². The van der Waals surface area contributed by atoms with Crippen molar-refractivity contribution < 1.29 is 9.32 Å². The molecule has 0 spiro atoms. The third-order valence-electron chi connectivity index (χ3n) is 4.60. The molecule has 1 aliphatic rings. The molecular weight excluding hydrogens is 302 g/mol. The zero-order valence-corrected chi connectivity index (χ0v) is 14.5. The van der Waals surface area contributed by atoms with Crippen LogP contribution in [0.25, 0.3) is 11.4 Å². The number of rotatable bonds is 5. The number of carbonyl (C=O) groups excluding carboxylic acids is 1. The van der Waals surface area contributed by atoms with Crippen molar-refractivity contribution in [2.75, 3.05) is 6.54 Å². The highest BCUT2D eigenvalue weighted by Crippen LogP contribution is 2.31. The Morgan fingerprint density at radius 1 is 1.29 bits per heavy atom. The fourth-order valence-electron chi connectivity index (χ4n) is 3.15. The smallest absolute Gasteiger partial charge is 0.249 e. The Morgan fingerprint density at radius 3 is 2.83 bits per heavy atom. The first-order valence-corrected chi connectivity index (χ1v) is 8.89. The lowest BCUT2D eigenvalue weighted by atomic mass is 10.0. The Balaban J connectivity index is 1.78. The third-order valence-corrected chi connectivity index (χ3v) is 4.60. The average Bonchev–Trinajstić information content (AvgIpc) is 3.10. The molecule has 1 atom stereocenters. The summed E-state index contributed by atoms with van der Waals surface area (Å²) in [5.41, 5.74) is 2.14. The Hall–Kier alpha value is -2.17. The summed E-state index contributed by atoms with van der Waals surface area (Å²) in [6.45, 7) is 4.94. The summed E-state index contributed by atoms with van der Waals surface area (Å²) in [6, 6.07) is 7.98. The van der Waals surface area contributed by atoms with Gasteiger partial charge in [-0.15, -0.1) is 0 Å². The fraction of sp³-hybridized carbons (Fsp3) is 0.526. The molecule has 0 bridgehead atoms. The summed E-state index contributed by atoms with van der Waals surface area (Å²) < 4.78 is 5.52. The number of benzene rings is 1. The number of carbonyl (C=O) groups is 1. The molecule has 3 rings (SSSR count). The predicted octanol–water partition coefficient (Wildman–Crippen LogP) is 4.29. The van der Waals surface area contributed by atoms with Crippen molar-refractivity contribution in [2.24, 2.45) is 0 Å². The number of hydrogen-bond acceptors (Lipinski definition) is 4. The molecule has 1 amide bonds. The van der Waals surface area contributed by atoms with E-state index in [0.29, 0.717) is 18.1 Å². The Kier molecular flexibility index (Phi) is 5.28. The highest BCUT2D eigenvalue weighted by Gasteiger charge is 2.31. The first-order chi connectivity index (χ1) is 11.7. The van der Waals surface area contributed by atoms with E-state index in [2.05, 4.69) is 17.1 Å². The van der Waals surface area contributed by atoms with Crippen molar-refractivity contribution in [2.45, 2.75) is 58.4 Å². The van der Waals surface area contributed by atoms with Gasteiger partial charge >= 0.3 is 0 Å². The minimum atomic E-state index is -0.0743. The minimum absolute atomic E-state index is 0.0743. The normalized spacial score (nSPS) is 17.9. The number of piperidine rings is 1. The van der Waals surface area contributed by atoms with E-state index in [4.69, 9.17) is 4.52 Å². The zero-order chi connectivity index (χ0) is 16.9. The second-order valence-corrected chi connectivity index (χ2v) is 6.52. The van der Waals surface area contributed by atoms with E-state index in [9.17, 15) is 4.79 Å². The van der Waals surface area contributed by atoms with Crippen molar-refractivity contribution in [1.29, 1.82) is 0 Å². The molecule has 24 heavy (non-hydrogen) atoms. The van der Waals surface area contributed by atoms with Crippen LogP contribution in [0.2, 0.25) is 0 Å². The Bertz CT molecular complexity index is 678. The van der Waals surface area contributed by atoms with Crippen LogP contribution in [0.4, 0.5) is 0 Å². The van der Waals surface area contributed by atoms with Gasteiger partial charge in [0, 0.05) is 18.5 Å². The van der Waals surface area contributed by atoms with E-state index in [1.165, 1.54) is 5.56 Å². The first-order valence-electron chi connectivity index (χ1n) is 8.89. The summed E-state index contributed by atoms with van der Waals surface area (Å²) >= 11 is 0. The summed E-state index contributed by atoms with van der Waals surface area (Å²) in [5.74, 6) is 1.36. The van der Waals surface area contributed by atoms with Gasteiger partial charge in [0.15, 0.2) is 0 Å². The molecule has 1 aromatic heterocycles. The molecule has 0 radical (unpaired) electrons. The van der Waals surface area contributed by atoms with Crippen molar-refractivity contribution in [3.63, 3.8) is 0 Å². The molecule has 128 valence electrons. The molecule has 5 heteroatoms. The second-order valence-electron chi connectivity index (χ2n) is 6.52. The summed E-state index contributed by atoms with van der Waals surface area (Å²) in [6.07, 6.45) is 5.60. The number of aryl methyl sites for hydroxylation is 1. The van der Waals surface area contributed by atoms with E-state index in [1.54, 1.807) is 0 Å². The van der Waals surface area contributed by atoms with Crippen molar-refractivity contribution in [3.05, 3.63) is 35.7 Å². The maximum Gasteiger partial charge on any atom is 0.249 e. The Labute approximate surface area is 143 Å². The maximum absolute atomic E-state index is 12.5. The van der Waals surface area contributed by atoms with Gasteiger partial charge < -0.3 is 9.42 Å². The van der Waals surface area contributed by atoms with Gasteiger partial charge in [-0.25, -0.2) is 0 Å². The van der Waals surface area contributed by atoms with Crippen LogP contribution in [0, 0.1) is 6.92 Å². The van der Waals surface area contributed by atoms with Crippen LogP contribution < -0.4 is 0 Å². The van der Waals surface area contributed by atoms with Crippen molar-refractivity contribution in [1.82, 2.24) is 15.0 Å². The molecule has 0 N–H and O–H groups in total. The van der Waals surface area contributed by atoms with Crippen LogP contribution in [0.3, 0.4) is 0 Å². The predicted molar refractivity (Wildman–Crippen MR) is 92.3 cm³/mol. The van der Waals surface area contributed by atoms with Gasteiger partial charge in [0.05, 0.1) is 0 Å². The fourth-order valence-corrected chi connectivity index (χ4v) is 3.15. The van der Waals surface area contributed by atoms with E-state index in [1.807, 2.05) is 36.1 Å². The molecule has 2 heterocycles. The van der Waals surface area contributed by atoms with Crippen LogP contribution >= 0.6 is 0 Å². The highest BCUT2D eigenvalue weighted by atomic mass is 16.5. The highest BCUT2D eigenvalue weighted by molar-refractivity contribution is 5.76. The van der Waals surface area contributed by atoms with E-state index in [0.717, 1.165) is 44.2 Å². The number of aromatic nitrogens is 2. The van der Waals surface area contributed by atoms with Gasteiger partial charge in [0.25, 0.3) is 0 Å². The lowest BCUT2D eigenvalue weighted by Crippen LogP contribution is -2.38. The lowest BCUT2D eigenvalue weighted by Gasteiger charge is -2.33. The molecule has 2 aromatic rings. The minimum Gasteiger partial charge on any atom is -0.337 e. The van der Waals surface area contributed by atoms with Crippen LogP contribution in [-0.2, 0) is 4.79 Å². The van der Waals surface area contributed by atoms with E-state index < -0.39 is 0 Å². The zero-order valence-electron chi connectivity index (χ0n) is 14.5. The average molecular weight is 327 g/mol. The third kappa shape index (κ3) is 3.66. The van der Waals surface area contributed by atoms with Gasteiger partial charge in [0.1, 0.15) is 6.04 Å². The number of nitrogens with zero attached hydrogens (tertiary/aromatic N) is 3. The molecule has 1 aliphatic heterocycles. The molecular formula is C19H25N3O2. The van der Waals surface area contributed by atoms with Crippen LogP contribution in [0.15, 0.2) is 28.8 Å². The van der Waals surface area contributed by atoms with Gasteiger partial charge in [-0.05, 0) is 32.6 Å². The summed E-state index contributed by atoms with van der Waals surface area (Å²) in [4.78, 5) is 19.0. The number of hydrogen-bond donors (Lipinski definition) is 0. The van der Waals surface area contributed by atoms with E-state index >= 15 is 0 Å². The van der Waals surface area contributed by atoms with Crippen LogP contribution in [0.5, 0.6) is 0 Å². The number of amides is 1. The lowest BCUT2D eigenvalue weighted by molar-refractivity contribution is -0.135. The van der Waals surface area contributed by atoms with Crippen molar-refractivity contribution in [3.8, 4) is 11.4 Å². The standard InChI is InChI=1S/C19H25N3O2/c1-3-4-8-17(23)22-13-6-5-7-16(22)19-20-18(21-24-19)15-11-9-14(2)10-12-15/h9-12,16H,3-8,13H2,1-2H3. The summed E-state index contributed by atoms with van der Waals surface area (Å²) in [5, 5.41) is 4.12. The van der Waals surface area contributed by atoms with Gasteiger partial charge in [-0.2, -0.15) is 4.98 Å². The van der Waals surface area contributed by atoms with Crippen molar-refractivity contribution >= 4 is 5.91 Å². The van der Waals surface area contributed by atoms with Crippen LogP contribution in [-0.4, -0.2) is 27.5 Å². The van der Waals surface area contributed by atoms with Gasteiger partial charge in [-0.3, -0.25) is 4.79 Å². The molecule has 1 aromatic carbocycles. The molecule has 5 nitrogen and oxygen atoms in total. The summed E-state index contributed by atoms with van der Waals surface area (Å²) in [7, 11) is 0. The molecule has 1 unspecified atom stereocenters. The number of unbranched alkanes of at least 4 members (excludes halogenated alkanes) is 1. The maximum atomic E-state index is 12.5. The molecule has 1 saturated heterocycles. The Morgan fingerprint density at radius 2 is 2.08 bits per heavy atom. The SMILES string of the molecule is CCCCC(=O)N1CCCCC1c1nc(-c2ccc(C)cc2)no1. The molecule has 1 fully saturated rings. The largest absolute Gasteiger partial charge is 0.337 e. The second kappa shape index (κ2) is 7.60. The van der Waals surface area contributed by atoms with Crippen LogP contribution in [0.1, 0.15) is 62.9 Å². The quantitative estimate of drug-likeness (QED) is 0.822. The van der Waals surface area contributed by atoms with Gasteiger partial charge in [0.2, 0.25) is 17.6 Å². The molecule has 0 saturated carbocycles. The van der Waals surface area contributed by atoms with Gasteiger partial charge in [-0.1, -0.05) is 48.3 Å². The monoisotopic (exact) mass is 327 g/mol.